The van der Waals surface area contributed by atoms with Crippen LogP contribution in [0.2, 0.25) is 0 Å². The van der Waals surface area contributed by atoms with E-state index < -0.39 is 0 Å². The van der Waals surface area contributed by atoms with Gasteiger partial charge in [0.1, 0.15) is 12.1 Å². The maximum absolute atomic E-state index is 8.60. The molecule has 0 saturated heterocycles. The van der Waals surface area contributed by atoms with Crippen LogP contribution in [0.15, 0.2) is 46.5 Å². The zero-order valence-electron chi connectivity index (χ0n) is 11.8. The molecule has 0 amide bonds. The van der Waals surface area contributed by atoms with E-state index in [0.717, 1.165) is 23.4 Å². The van der Waals surface area contributed by atoms with Gasteiger partial charge in [-0.05, 0) is 24.1 Å². The van der Waals surface area contributed by atoms with Gasteiger partial charge in [0.2, 0.25) is 5.71 Å². The van der Waals surface area contributed by atoms with Crippen molar-refractivity contribution in [2.45, 2.75) is 13.3 Å². The Kier molecular flexibility index (Phi) is 4.48. The molecule has 104 valence electrons. The second-order valence-electron chi connectivity index (χ2n) is 4.93. The number of nitrogens with one attached hydrogen (secondary N) is 1. The molecule has 1 N–H and O–H groups in total. The minimum atomic E-state index is -0.206. The Morgan fingerprint density at radius 1 is 1.33 bits per heavy atom. The lowest BCUT2D eigenvalue weighted by Gasteiger charge is -2.21. The van der Waals surface area contributed by atoms with Crippen LogP contribution in [0.25, 0.3) is 0 Å². The van der Waals surface area contributed by atoms with E-state index in [1.54, 1.807) is 12.1 Å². The van der Waals surface area contributed by atoms with Crippen LogP contribution in [0.3, 0.4) is 0 Å². The predicted molar refractivity (Wildman–Crippen MR) is 83.1 cm³/mol. The Bertz CT molecular complexity index is 667. The zero-order chi connectivity index (χ0) is 15.2. The number of benzene rings is 1. The number of aliphatic imine (C=N–C) groups is 1. The van der Waals surface area contributed by atoms with Gasteiger partial charge in [-0.2, -0.15) is 15.6 Å². The van der Waals surface area contributed by atoms with Gasteiger partial charge in [-0.1, -0.05) is 31.2 Å². The fourth-order valence-electron chi connectivity index (χ4n) is 2.23. The standard InChI is InChI=1S/C16H15N5/c1-11-7-12(2)16(19-10-11)13-3-5-14(6-4-13)20-21-15(8-17)9-18/h3-6,12,20H,1,7,10H2,2H3/t12-/m1/s1. The summed E-state index contributed by atoms with van der Waals surface area (Å²) in [5, 5.41) is 20.9. The smallest absolute Gasteiger partial charge is 0.237 e. The fourth-order valence-corrected chi connectivity index (χ4v) is 2.23. The van der Waals surface area contributed by atoms with Gasteiger partial charge in [-0.25, -0.2) is 0 Å². The summed E-state index contributed by atoms with van der Waals surface area (Å²) in [4.78, 5) is 4.58. The molecule has 1 atom stereocenters. The molecule has 21 heavy (non-hydrogen) atoms. The lowest BCUT2D eigenvalue weighted by atomic mass is 9.90. The Morgan fingerprint density at radius 3 is 2.57 bits per heavy atom. The Morgan fingerprint density at radius 2 is 2.00 bits per heavy atom. The molecule has 0 saturated carbocycles. The molecule has 1 aromatic rings. The highest BCUT2D eigenvalue weighted by Crippen LogP contribution is 2.23. The zero-order valence-corrected chi connectivity index (χ0v) is 11.8. The summed E-state index contributed by atoms with van der Waals surface area (Å²) in [6, 6.07) is 11.0. The predicted octanol–water partition coefficient (Wildman–Crippen LogP) is 2.89. The molecule has 5 heteroatoms. The molecule has 1 aromatic carbocycles. The van der Waals surface area contributed by atoms with Crippen molar-refractivity contribution in [3.05, 3.63) is 42.0 Å². The average Bonchev–Trinajstić information content (AvgIpc) is 2.49. The molecule has 0 aromatic heterocycles. The second-order valence-corrected chi connectivity index (χ2v) is 4.93. The number of hydrogen-bond donors (Lipinski definition) is 1. The lowest BCUT2D eigenvalue weighted by Crippen LogP contribution is -2.19. The molecule has 0 spiro atoms. The Hall–Kier alpha value is -2.92. The van der Waals surface area contributed by atoms with Gasteiger partial charge in [0.15, 0.2) is 0 Å². The highest BCUT2D eigenvalue weighted by atomic mass is 15.3. The number of hydrogen-bond acceptors (Lipinski definition) is 5. The summed E-state index contributed by atoms with van der Waals surface area (Å²) in [5.74, 6) is 0.367. The monoisotopic (exact) mass is 277 g/mol. The van der Waals surface area contributed by atoms with E-state index in [-0.39, 0.29) is 5.71 Å². The molecule has 0 radical (unpaired) electrons. The quantitative estimate of drug-likeness (QED) is 0.523. The van der Waals surface area contributed by atoms with E-state index in [2.05, 4.69) is 29.0 Å². The first-order valence-electron chi connectivity index (χ1n) is 6.59. The molecule has 5 nitrogen and oxygen atoms in total. The topological polar surface area (TPSA) is 84.3 Å². The summed E-state index contributed by atoms with van der Waals surface area (Å²) < 4.78 is 0. The SMILES string of the molecule is C=C1CN=C(c2ccc(NN=C(C#N)C#N)cc2)[C@H](C)C1. The van der Waals surface area contributed by atoms with Crippen molar-refractivity contribution >= 4 is 17.1 Å². The summed E-state index contributed by atoms with van der Waals surface area (Å²) >= 11 is 0. The maximum Gasteiger partial charge on any atom is 0.237 e. The van der Waals surface area contributed by atoms with Crippen LogP contribution in [-0.4, -0.2) is 18.0 Å². The van der Waals surface area contributed by atoms with E-state index in [1.165, 1.54) is 5.57 Å². The molecule has 1 aliphatic heterocycles. The van der Waals surface area contributed by atoms with Gasteiger partial charge >= 0.3 is 0 Å². The third kappa shape index (κ3) is 3.55. The van der Waals surface area contributed by atoms with Gasteiger partial charge in [0.05, 0.1) is 12.2 Å². The van der Waals surface area contributed by atoms with Crippen molar-refractivity contribution < 1.29 is 0 Å². The normalized spacial score (nSPS) is 17.2. The number of rotatable bonds is 3. The molecular formula is C16H15N5. The summed E-state index contributed by atoms with van der Waals surface area (Å²) in [6.07, 6.45) is 0.969. The number of hydrazone groups is 1. The van der Waals surface area contributed by atoms with Crippen LogP contribution in [0.1, 0.15) is 18.9 Å². The Labute approximate surface area is 123 Å². The molecule has 0 unspecified atom stereocenters. The van der Waals surface area contributed by atoms with Gasteiger partial charge in [-0.15, -0.1) is 0 Å². The van der Waals surface area contributed by atoms with Crippen molar-refractivity contribution in [3.63, 3.8) is 0 Å². The molecule has 0 fully saturated rings. The van der Waals surface area contributed by atoms with Crippen LogP contribution >= 0.6 is 0 Å². The van der Waals surface area contributed by atoms with E-state index in [1.807, 2.05) is 24.3 Å². The second kappa shape index (κ2) is 6.49. The summed E-state index contributed by atoms with van der Waals surface area (Å²) in [7, 11) is 0. The van der Waals surface area contributed by atoms with Crippen molar-refractivity contribution in [2.24, 2.45) is 16.0 Å². The van der Waals surface area contributed by atoms with E-state index in [4.69, 9.17) is 10.5 Å². The minimum absolute atomic E-state index is 0.206. The largest absolute Gasteiger partial charge is 0.284 e. The van der Waals surface area contributed by atoms with E-state index in [0.29, 0.717) is 12.5 Å². The fraction of sp³-hybridized carbons (Fsp3) is 0.250. The molecule has 0 aliphatic carbocycles. The molecule has 2 rings (SSSR count). The van der Waals surface area contributed by atoms with Crippen LogP contribution in [0.4, 0.5) is 5.69 Å². The van der Waals surface area contributed by atoms with Crippen molar-refractivity contribution in [3.8, 4) is 12.1 Å². The third-order valence-corrected chi connectivity index (χ3v) is 3.22. The van der Waals surface area contributed by atoms with E-state index >= 15 is 0 Å². The van der Waals surface area contributed by atoms with Gasteiger partial charge in [-0.3, -0.25) is 10.4 Å². The lowest BCUT2D eigenvalue weighted by molar-refractivity contribution is 0.717. The van der Waals surface area contributed by atoms with Crippen molar-refractivity contribution in [1.29, 1.82) is 10.5 Å². The maximum atomic E-state index is 8.60. The molecular weight excluding hydrogens is 262 g/mol. The molecule has 1 aliphatic rings. The summed E-state index contributed by atoms with van der Waals surface area (Å²) in [6.45, 7) is 6.82. The highest BCUT2D eigenvalue weighted by molar-refractivity contribution is 6.10. The highest BCUT2D eigenvalue weighted by Gasteiger charge is 2.18. The van der Waals surface area contributed by atoms with Crippen LogP contribution in [-0.2, 0) is 0 Å². The Balaban J connectivity index is 2.13. The van der Waals surface area contributed by atoms with Gasteiger partial charge in [0, 0.05) is 11.6 Å². The minimum Gasteiger partial charge on any atom is -0.284 e. The first-order valence-corrected chi connectivity index (χ1v) is 6.59. The first-order chi connectivity index (χ1) is 10.1. The van der Waals surface area contributed by atoms with E-state index in [9.17, 15) is 0 Å². The molecule has 0 bridgehead atoms. The van der Waals surface area contributed by atoms with Gasteiger partial charge in [0.25, 0.3) is 0 Å². The summed E-state index contributed by atoms with van der Waals surface area (Å²) in [5.41, 5.74) is 6.53. The first kappa shape index (κ1) is 14.5. The van der Waals surface area contributed by atoms with Gasteiger partial charge < -0.3 is 0 Å². The van der Waals surface area contributed by atoms with Crippen LogP contribution < -0.4 is 5.43 Å². The third-order valence-electron chi connectivity index (χ3n) is 3.22. The molecule has 1 heterocycles. The van der Waals surface area contributed by atoms with Crippen LogP contribution in [0.5, 0.6) is 0 Å². The van der Waals surface area contributed by atoms with Crippen molar-refractivity contribution in [1.82, 2.24) is 0 Å². The number of anilines is 1. The number of nitriles is 2. The number of nitrogens with zero attached hydrogens (tertiary/aromatic N) is 4. The van der Waals surface area contributed by atoms with Crippen LogP contribution in [0, 0.1) is 28.6 Å². The average molecular weight is 277 g/mol. The van der Waals surface area contributed by atoms with Crippen molar-refractivity contribution in [2.75, 3.05) is 12.0 Å².